The van der Waals surface area contributed by atoms with Crippen LogP contribution in [-0.4, -0.2) is 42.7 Å². The summed E-state index contributed by atoms with van der Waals surface area (Å²) in [7, 11) is -1.51. The largest absolute Gasteiger partial charge is 0.373 e. The highest BCUT2D eigenvalue weighted by Gasteiger charge is 2.49. The van der Waals surface area contributed by atoms with E-state index in [9.17, 15) is 9.59 Å². The Balaban J connectivity index is 2.39. The zero-order valence-electron chi connectivity index (χ0n) is 15.4. The summed E-state index contributed by atoms with van der Waals surface area (Å²) >= 11 is 0. The first-order valence-electron chi connectivity index (χ1n) is 8.37. The highest BCUT2D eigenvalue weighted by atomic mass is 28.3. The first-order chi connectivity index (χ1) is 11.0. The van der Waals surface area contributed by atoms with Gasteiger partial charge >= 0.3 is 5.69 Å². The number of hydrogen-bond acceptors (Lipinski definition) is 5. The van der Waals surface area contributed by atoms with Crippen molar-refractivity contribution in [2.24, 2.45) is 5.73 Å². The van der Waals surface area contributed by atoms with Gasteiger partial charge in [-0.2, -0.15) is 0 Å². The van der Waals surface area contributed by atoms with Crippen molar-refractivity contribution < 1.29 is 9.47 Å². The molecule has 8 heteroatoms. The molecule has 1 fully saturated rings. The zero-order chi connectivity index (χ0) is 18.3. The Hall–Kier alpha value is -1.22. The minimum absolute atomic E-state index is 0.221. The van der Waals surface area contributed by atoms with E-state index in [1.807, 2.05) is 20.8 Å². The molecule has 0 saturated carbocycles. The monoisotopic (exact) mass is 355 g/mol. The van der Waals surface area contributed by atoms with Crippen molar-refractivity contribution in [3.63, 3.8) is 0 Å². The predicted octanol–water partition coefficient (Wildman–Crippen LogP) is 0.455. The zero-order valence-corrected chi connectivity index (χ0v) is 16.5. The third-order valence-corrected chi connectivity index (χ3v) is 6.93. The van der Waals surface area contributed by atoms with Gasteiger partial charge in [-0.3, -0.25) is 14.3 Å². The molecule has 0 spiro atoms. The van der Waals surface area contributed by atoms with Crippen molar-refractivity contribution in [2.45, 2.75) is 70.3 Å². The van der Waals surface area contributed by atoms with Crippen molar-refractivity contribution in [1.29, 1.82) is 0 Å². The molecule has 0 unspecified atom stereocenters. The van der Waals surface area contributed by atoms with Gasteiger partial charge in [0.15, 0.2) is 0 Å². The standard InChI is InChI=1S/C16H29N3O4Si/c1-10-8-19(14(21)18-13(10)20)16(24(5)6)7-11(17)12(23-16)9-22-15(2,3)4/h8,11-12,24H,7,9,17H2,1-6H3,(H,18,20,21)/t11-,12+,16-/m0/s1. The molecule has 1 aliphatic rings. The number of aromatic nitrogens is 2. The van der Waals surface area contributed by atoms with E-state index in [4.69, 9.17) is 15.2 Å². The highest BCUT2D eigenvalue weighted by Crippen LogP contribution is 2.36. The van der Waals surface area contributed by atoms with Crippen LogP contribution in [-0.2, 0) is 14.8 Å². The van der Waals surface area contributed by atoms with Crippen LogP contribution in [0.4, 0.5) is 0 Å². The Morgan fingerprint density at radius 2 is 2.08 bits per heavy atom. The molecule has 3 N–H and O–H groups in total. The molecule has 7 nitrogen and oxygen atoms in total. The summed E-state index contributed by atoms with van der Waals surface area (Å²) in [6.45, 7) is 12.2. The molecule has 2 rings (SSSR count). The molecule has 3 atom stereocenters. The molecule has 1 aromatic heterocycles. The maximum absolute atomic E-state index is 12.4. The first kappa shape index (κ1) is 19.1. The van der Waals surface area contributed by atoms with Gasteiger partial charge in [0.25, 0.3) is 5.56 Å². The SMILES string of the molecule is Cc1cn([C@@]2([SiH](C)C)C[C@H](N)[C@@H](COC(C)(C)C)O2)c(=O)[nH]c1=O. The van der Waals surface area contributed by atoms with Gasteiger partial charge in [-0.15, -0.1) is 0 Å². The van der Waals surface area contributed by atoms with Crippen molar-refractivity contribution in [3.8, 4) is 0 Å². The molecule has 0 radical (unpaired) electrons. The van der Waals surface area contributed by atoms with Gasteiger partial charge < -0.3 is 15.2 Å². The number of H-pyrrole nitrogens is 1. The Kier molecular flexibility index (Phi) is 5.24. The average molecular weight is 356 g/mol. The molecule has 1 saturated heterocycles. The maximum Gasteiger partial charge on any atom is 0.330 e. The molecule has 0 amide bonds. The number of rotatable bonds is 4. The molecule has 0 aliphatic carbocycles. The summed E-state index contributed by atoms with van der Waals surface area (Å²) in [6, 6.07) is -0.221. The summed E-state index contributed by atoms with van der Waals surface area (Å²) < 4.78 is 13.7. The Bertz CT molecular complexity index is 706. The van der Waals surface area contributed by atoms with Gasteiger partial charge in [-0.05, 0) is 27.7 Å². The number of ether oxygens (including phenoxy) is 2. The smallest absolute Gasteiger partial charge is 0.330 e. The summed E-state index contributed by atoms with van der Waals surface area (Å²) in [6.07, 6.45) is 1.85. The second kappa shape index (κ2) is 6.59. The molecule has 0 bridgehead atoms. The number of nitrogens with two attached hydrogens (primary N) is 1. The van der Waals surface area contributed by atoms with E-state index in [1.54, 1.807) is 13.1 Å². The van der Waals surface area contributed by atoms with Gasteiger partial charge in [0.2, 0.25) is 0 Å². The lowest BCUT2D eigenvalue weighted by atomic mass is 10.1. The van der Waals surface area contributed by atoms with Crippen LogP contribution in [0, 0.1) is 6.92 Å². The number of nitrogens with zero attached hydrogens (tertiary/aromatic N) is 1. The molecule has 136 valence electrons. The van der Waals surface area contributed by atoms with E-state index in [2.05, 4.69) is 18.1 Å². The van der Waals surface area contributed by atoms with Crippen molar-refractivity contribution in [1.82, 2.24) is 9.55 Å². The fourth-order valence-electron chi connectivity index (χ4n) is 3.01. The van der Waals surface area contributed by atoms with E-state index in [0.29, 0.717) is 18.6 Å². The van der Waals surface area contributed by atoms with Crippen molar-refractivity contribution >= 4 is 8.80 Å². The number of aryl methyl sites for hydroxylation is 1. The van der Waals surface area contributed by atoms with Gasteiger partial charge in [-0.1, -0.05) is 13.1 Å². The molecular weight excluding hydrogens is 326 g/mol. The Morgan fingerprint density at radius 1 is 1.46 bits per heavy atom. The van der Waals surface area contributed by atoms with Crippen LogP contribution in [0.15, 0.2) is 15.8 Å². The van der Waals surface area contributed by atoms with E-state index < -0.39 is 19.8 Å². The molecule has 1 aliphatic heterocycles. The van der Waals surface area contributed by atoms with Crippen molar-refractivity contribution in [2.75, 3.05) is 6.61 Å². The van der Waals surface area contributed by atoms with Gasteiger partial charge in [0, 0.05) is 24.2 Å². The lowest BCUT2D eigenvalue weighted by Crippen LogP contribution is -2.52. The number of aromatic amines is 1. The molecule has 1 aromatic rings. The highest BCUT2D eigenvalue weighted by molar-refractivity contribution is 6.58. The summed E-state index contributed by atoms with van der Waals surface area (Å²) in [5, 5.41) is -0.753. The van der Waals surface area contributed by atoms with Crippen LogP contribution >= 0.6 is 0 Å². The average Bonchev–Trinajstić information content (AvgIpc) is 2.78. The third kappa shape index (κ3) is 3.71. The quantitative estimate of drug-likeness (QED) is 0.764. The van der Waals surface area contributed by atoms with Crippen LogP contribution in [0.5, 0.6) is 0 Å². The van der Waals surface area contributed by atoms with Crippen LogP contribution in [0.3, 0.4) is 0 Å². The molecule has 24 heavy (non-hydrogen) atoms. The summed E-state index contributed by atoms with van der Waals surface area (Å²) in [5.41, 5.74) is 5.69. The first-order valence-corrected chi connectivity index (χ1v) is 11.3. The van der Waals surface area contributed by atoms with Gasteiger partial charge in [0.1, 0.15) is 5.35 Å². The third-order valence-electron chi connectivity index (χ3n) is 4.47. The lowest BCUT2D eigenvalue weighted by molar-refractivity contribution is -0.103. The predicted molar refractivity (Wildman–Crippen MR) is 96.1 cm³/mol. The second-order valence-corrected chi connectivity index (χ2v) is 11.1. The Morgan fingerprint density at radius 3 is 2.62 bits per heavy atom. The molecule has 2 heterocycles. The normalized spacial score (nSPS) is 27.8. The van der Waals surface area contributed by atoms with Crippen LogP contribution < -0.4 is 17.0 Å². The number of hydrogen-bond donors (Lipinski definition) is 2. The van der Waals surface area contributed by atoms with Gasteiger partial charge in [0.05, 0.1) is 27.1 Å². The number of nitrogens with one attached hydrogen (secondary N) is 1. The lowest BCUT2D eigenvalue weighted by Gasteiger charge is -2.35. The van der Waals surface area contributed by atoms with E-state index >= 15 is 0 Å². The van der Waals surface area contributed by atoms with E-state index in [-0.39, 0.29) is 23.3 Å². The van der Waals surface area contributed by atoms with Gasteiger partial charge in [-0.25, -0.2) is 4.79 Å². The molecule has 0 aromatic carbocycles. The minimum atomic E-state index is -1.51. The Labute approximate surface area is 143 Å². The van der Waals surface area contributed by atoms with E-state index in [1.165, 1.54) is 4.57 Å². The second-order valence-electron chi connectivity index (χ2n) is 7.89. The minimum Gasteiger partial charge on any atom is -0.373 e. The van der Waals surface area contributed by atoms with Crippen LogP contribution in [0.1, 0.15) is 32.8 Å². The molecular formula is C16H29N3O4Si. The summed E-state index contributed by atoms with van der Waals surface area (Å²) in [5.74, 6) is 0. The maximum atomic E-state index is 12.4. The topological polar surface area (TPSA) is 99.3 Å². The summed E-state index contributed by atoms with van der Waals surface area (Å²) in [4.78, 5) is 26.4. The van der Waals surface area contributed by atoms with Crippen LogP contribution in [0.25, 0.3) is 0 Å². The van der Waals surface area contributed by atoms with E-state index in [0.717, 1.165) is 0 Å². The van der Waals surface area contributed by atoms with Crippen LogP contribution in [0.2, 0.25) is 13.1 Å². The fourth-order valence-corrected chi connectivity index (χ4v) is 4.95. The van der Waals surface area contributed by atoms with Crippen molar-refractivity contribution in [3.05, 3.63) is 32.6 Å². The fraction of sp³-hybridized carbons (Fsp3) is 0.750.